The molecule has 0 saturated carbocycles. The lowest BCUT2D eigenvalue weighted by molar-refractivity contribution is 0.0698. The van der Waals surface area contributed by atoms with Crippen molar-refractivity contribution in [1.82, 2.24) is 0 Å². The summed E-state index contributed by atoms with van der Waals surface area (Å²) in [4.78, 5) is 12.3. The second-order valence-corrected chi connectivity index (χ2v) is 4.94. The summed E-state index contributed by atoms with van der Waals surface area (Å²) in [5.74, 6) is -0.802. The van der Waals surface area contributed by atoms with E-state index in [9.17, 15) is 9.90 Å². The number of hydrogen-bond acceptors (Lipinski definition) is 2. The Labute approximate surface area is 98.5 Å². The van der Waals surface area contributed by atoms with Crippen LogP contribution in [0, 0.1) is 0 Å². The zero-order valence-electron chi connectivity index (χ0n) is 9.19. The van der Waals surface area contributed by atoms with E-state index in [1.54, 1.807) is 11.3 Å². The molecular formula is C13H14O2S. The van der Waals surface area contributed by atoms with Crippen LogP contribution in [0.15, 0.2) is 24.3 Å². The molecule has 84 valence electrons. The van der Waals surface area contributed by atoms with Gasteiger partial charge in [0.05, 0.1) is 5.56 Å². The maximum absolute atomic E-state index is 11.3. The van der Waals surface area contributed by atoms with Gasteiger partial charge in [-0.3, -0.25) is 0 Å². The maximum atomic E-state index is 11.3. The van der Waals surface area contributed by atoms with Crippen LogP contribution >= 0.6 is 11.3 Å². The average Bonchev–Trinajstić information content (AvgIpc) is 2.64. The lowest BCUT2D eigenvalue weighted by atomic mass is 10.1. The first-order valence-electron chi connectivity index (χ1n) is 5.47. The highest BCUT2D eigenvalue weighted by atomic mass is 32.1. The van der Waals surface area contributed by atoms with Crippen LogP contribution in [-0.2, 0) is 6.42 Å². The Hall–Kier alpha value is -1.35. The Morgan fingerprint density at radius 1 is 1.38 bits per heavy atom. The molecule has 0 unspecified atom stereocenters. The summed E-state index contributed by atoms with van der Waals surface area (Å²) >= 11 is 1.61. The average molecular weight is 234 g/mol. The number of aromatic carboxylic acids is 1. The summed E-state index contributed by atoms with van der Waals surface area (Å²) in [5.41, 5.74) is 0.508. The molecule has 16 heavy (non-hydrogen) atoms. The number of carboxylic acids is 1. The van der Waals surface area contributed by atoms with E-state index in [0.717, 1.165) is 34.2 Å². The van der Waals surface area contributed by atoms with Crippen LogP contribution in [0.25, 0.3) is 10.1 Å². The summed E-state index contributed by atoms with van der Waals surface area (Å²) in [5, 5.41) is 10.1. The SMILES string of the molecule is CCCCc1sc2ccccc2c1C(=O)O. The lowest BCUT2D eigenvalue weighted by Gasteiger charge is -1.98. The van der Waals surface area contributed by atoms with Gasteiger partial charge in [-0.1, -0.05) is 31.5 Å². The second-order valence-electron chi connectivity index (χ2n) is 3.81. The zero-order valence-corrected chi connectivity index (χ0v) is 10.0. The van der Waals surface area contributed by atoms with Gasteiger partial charge in [0.1, 0.15) is 0 Å². The van der Waals surface area contributed by atoms with Gasteiger partial charge in [0.15, 0.2) is 0 Å². The van der Waals surface area contributed by atoms with Crippen LogP contribution in [0.2, 0.25) is 0 Å². The molecule has 0 radical (unpaired) electrons. The molecule has 0 spiro atoms. The van der Waals surface area contributed by atoms with Crippen molar-refractivity contribution in [2.45, 2.75) is 26.2 Å². The molecule has 2 rings (SSSR count). The smallest absolute Gasteiger partial charge is 0.337 e. The topological polar surface area (TPSA) is 37.3 Å². The molecule has 1 N–H and O–H groups in total. The minimum absolute atomic E-state index is 0.508. The number of unbranched alkanes of at least 4 members (excludes halogenated alkanes) is 1. The Bertz CT molecular complexity index is 514. The first-order chi connectivity index (χ1) is 7.74. The molecule has 1 aromatic heterocycles. The third-order valence-electron chi connectivity index (χ3n) is 2.64. The van der Waals surface area contributed by atoms with Gasteiger partial charge in [-0.25, -0.2) is 4.79 Å². The number of carbonyl (C=O) groups is 1. The van der Waals surface area contributed by atoms with Crippen molar-refractivity contribution in [2.75, 3.05) is 0 Å². The first-order valence-corrected chi connectivity index (χ1v) is 6.29. The van der Waals surface area contributed by atoms with Crippen molar-refractivity contribution in [3.8, 4) is 0 Å². The number of carboxylic acid groups (broad SMARTS) is 1. The van der Waals surface area contributed by atoms with Crippen LogP contribution in [-0.4, -0.2) is 11.1 Å². The molecule has 0 bridgehead atoms. The molecule has 1 heterocycles. The van der Waals surface area contributed by atoms with Gasteiger partial charge in [0.2, 0.25) is 0 Å². The van der Waals surface area contributed by atoms with Crippen molar-refractivity contribution in [3.63, 3.8) is 0 Å². The highest BCUT2D eigenvalue weighted by Gasteiger charge is 2.16. The number of benzene rings is 1. The molecule has 0 amide bonds. The summed E-state index contributed by atoms with van der Waals surface area (Å²) in [7, 11) is 0. The van der Waals surface area contributed by atoms with Crippen LogP contribution in [0.5, 0.6) is 0 Å². The zero-order chi connectivity index (χ0) is 11.5. The van der Waals surface area contributed by atoms with E-state index in [1.165, 1.54) is 0 Å². The third kappa shape index (κ3) is 1.95. The monoisotopic (exact) mass is 234 g/mol. The fraction of sp³-hybridized carbons (Fsp3) is 0.308. The Morgan fingerprint density at radius 2 is 2.12 bits per heavy atom. The molecule has 0 aliphatic heterocycles. The van der Waals surface area contributed by atoms with Gasteiger partial charge in [-0.15, -0.1) is 11.3 Å². The van der Waals surface area contributed by atoms with Crippen LogP contribution in [0.3, 0.4) is 0 Å². The highest BCUT2D eigenvalue weighted by molar-refractivity contribution is 7.19. The molecule has 2 nitrogen and oxygen atoms in total. The standard InChI is InChI=1S/C13H14O2S/c1-2-3-7-11-12(13(14)15)9-6-4-5-8-10(9)16-11/h4-6,8H,2-3,7H2,1H3,(H,14,15). The van der Waals surface area contributed by atoms with Crippen LogP contribution in [0.4, 0.5) is 0 Å². The summed E-state index contributed by atoms with van der Waals surface area (Å²) in [6, 6.07) is 7.73. The molecule has 0 aliphatic rings. The van der Waals surface area contributed by atoms with Crippen molar-refractivity contribution >= 4 is 27.4 Å². The summed E-state index contributed by atoms with van der Waals surface area (Å²) < 4.78 is 1.08. The van der Waals surface area contributed by atoms with E-state index in [-0.39, 0.29) is 0 Å². The Morgan fingerprint density at radius 3 is 2.81 bits per heavy atom. The van der Waals surface area contributed by atoms with E-state index in [0.29, 0.717) is 5.56 Å². The first kappa shape index (κ1) is 11.1. The van der Waals surface area contributed by atoms with E-state index >= 15 is 0 Å². The van der Waals surface area contributed by atoms with E-state index < -0.39 is 5.97 Å². The fourth-order valence-electron chi connectivity index (χ4n) is 1.84. The molecule has 0 fully saturated rings. The summed E-state index contributed by atoms with van der Waals surface area (Å²) in [6.07, 6.45) is 3.01. The normalized spacial score (nSPS) is 10.8. The molecule has 0 saturated heterocycles. The van der Waals surface area contributed by atoms with Gasteiger partial charge >= 0.3 is 5.97 Å². The van der Waals surface area contributed by atoms with Crippen molar-refractivity contribution in [3.05, 3.63) is 34.7 Å². The van der Waals surface area contributed by atoms with Crippen LogP contribution < -0.4 is 0 Å². The summed E-state index contributed by atoms with van der Waals surface area (Å²) in [6.45, 7) is 2.12. The third-order valence-corrected chi connectivity index (χ3v) is 3.87. The van der Waals surface area contributed by atoms with Crippen LogP contribution in [0.1, 0.15) is 35.0 Å². The van der Waals surface area contributed by atoms with Crippen molar-refractivity contribution < 1.29 is 9.90 Å². The number of rotatable bonds is 4. The maximum Gasteiger partial charge on any atom is 0.337 e. The quantitative estimate of drug-likeness (QED) is 0.870. The predicted octanol–water partition coefficient (Wildman–Crippen LogP) is 3.94. The van der Waals surface area contributed by atoms with Gasteiger partial charge in [0.25, 0.3) is 0 Å². The largest absolute Gasteiger partial charge is 0.478 e. The number of thiophene rings is 1. The number of fused-ring (bicyclic) bond motifs is 1. The highest BCUT2D eigenvalue weighted by Crippen LogP contribution is 2.32. The van der Waals surface area contributed by atoms with E-state index in [1.807, 2.05) is 24.3 Å². The Kier molecular flexibility index (Phi) is 3.25. The fourth-order valence-corrected chi connectivity index (χ4v) is 3.08. The predicted molar refractivity (Wildman–Crippen MR) is 67.4 cm³/mol. The molecule has 2 aromatic rings. The molecule has 3 heteroatoms. The number of aryl methyl sites for hydroxylation is 1. The van der Waals surface area contributed by atoms with Gasteiger partial charge in [0, 0.05) is 15.0 Å². The molecule has 1 aromatic carbocycles. The van der Waals surface area contributed by atoms with Crippen molar-refractivity contribution in [1.29, 1.82) is 0 Å². The van der Waals surface area contributed by atoms with Gasteiger partial charge < -0.3 is 5.11 Å². The van der Waals surface area contributed by atoms with E-state index in [4.69, 9.17) is 0 Å². The lowest BCUT2D eigenvalue weighted by Crippen LogP contribution is -1.99. The molecule has 0 aliphatic carbocycles. The number of hydrogen-bond donors (Lipinski definition) is 1. The van der Waals surface area contributed by atoms with Crippen molar-refractivity contribution in [2.24, 2.45) is 0 Å². The minimum Gasteiger partial charge on any atom is -0.478 e. The minimum atomic E-state index is -0.802. The molecule has 0 atom stereocenters. The second kappa shape index (κ2) is 4.66. The Balaban J connectivity index is 2.54. The molecular weight excluding hydrogens is 220 g/mol. The van der Waals surface area contributed by atoms with Gasteiger partial charge in [-0.2, -0.15) is 0 Å². The van der Waals surface area contributed by atoms with Gasteiger partial charge in [-0.05, 0) is 18.9 Å². The van der Waals surface area contributed by atoms with E-state index in [2.05, 4.69) is 6.92 Å².